The summed E-state index contributed by atoms with van der Waals surface area (Å²) >= 11 is 0. The van der Waals surface area contributed by atoms with Gasteiger partial charge in [-0.15, -0.1) is 0 Å². The predicted molar refractivity (Wildman–Crippen MR) is 80.8 cm³/mol. The zero-order valence-corrected chi connectivity index (χ0v) is 12.5. The van der Waals surface area contributed by atoms with Crippen LogP contribution in [0.1, 0.15) is 32.3 Å². The van der Waals surface area contributed by atoms with Gasteiger partial charge in [-0.25, -0.2) is 0 Å². The number of phenolic OH excluding ortho intramolecular Hbond substituents is 1. The van der Waals surface area contributed by atoms with Crippen molar-refractivity contribution in [1.29, 1.82) is 0 Å². The van der Waals surface area contributed by atoms with Crippen LogP contribution in [0.3, 0.4) is 0 Å². The van der Waals surface area contributed by atoms with Crippen molar-refractivity contribution in [2.45, 2.75) is 33.6 Å². The molecule has 0 aliphatic carbocycles. The summed E-state index contributed by atoms with van der Waals surface area (Å²) in [6.45, 7) is 7.75. The topological polar surface area (TPSA) is 61.4 Å². The highest BCUT2D eigenvalue weighted by Crippen LogP contribution is 2.33. The summed E-state index contributed by atoms with van der Waals surface area (Å²) in [6, 6.07) is 5.23. The maximum Gasteiger partial charge on any atom is 0.230 e. The number of hydrogen-bond donors (Lipinski definition) is 3. The molecule has 0 bridgehead atoms. The third-order valence-electron chi connectivity index (χ3n) is 4.37. The second-order valence-corrected chi connectivity index (χ2v) is 6.22. The summed E-state index contributed by atoms with van der Waals surface area (Å²) in [7, 11) is 0. The van der Waals surface area contributed by atoms with Crippen LogP contribution in [0.4, 0.5) is 5.69 Å². The average Bonchev–Trinajstić information content (AvgIpc) is 2.44. The Balaban J connectivity index is 2.07. The smallest absolute Gasteiger partial charge is 0.230 e. The number of carbonyl (C=O) groups is 1. The summed E-state index contributed by atoms with van der Waals surface area (Å²) in [5.74, 6) is 0.560. The van der Waals surface area contributed by atoms with Crippen molar-refractivity contribution in [2.24, 2.45) is 11.3 Å². The maximum absolute atomic E-state index is 12.5. The number of hydrogen-bond acceptors (Lipinski definition) is 3. The minimum atomic E-state index is -0.423. The Labute approximate surface area is 120 Å². The molecular weight excluding hydrogens is 252 g/mol. The van der Waals surface area contributed by atoms with Crippen molar-refractivity contribution in [3.63, 3.8) is 0 Å². The highest BCUT2D eigenvalue weighted by molar-refractivity contribution is 5.95. The fraction of sp³-hybridized carbons (Fsp3) is 0.562. The Morgan fingerprint density at radius 3 is 2.80 bits per heavy atom. The van der Waals surface area contributed by atoms with Crippen LogP contribution < -0.4 is 10.6 Å². The van der Waals surface area contributed by atoms with E-state index in [2.05, 4.69) is 10.6 Å². The van der Waals surface area contributed by atoms with Crippen LogP contribution in [0.2, 0.25) is 0 Å². The van der Waals surface area contributed by atoms with Crippen molar-refractivity contribution < 1.29 is 9.90 Å². The van der Waals surface area contributed by atoms with Crippen LogP contribution in [0.25, 0.3) is 0 Å². The average molecular weight is 276 g/mol. The van der Waals surface area contributed by atoms with E-state index in [0.717, 1.165) is 31.5 Å². The van der Waals surface area contributed by atoms with Crippen LogP contribution in [-0.2, 0) is 4.79 Å². The van der Waals surface area contributed by atoms with Gasteiger partial charge in [0.15, 0.2) is 0 Å². The minimum absolute atomic E-state index is 0.00875. The number of amides is 1. The summed E-state index contributed by atoms with van der Waals surface area (Å²) < 4.78 is 0. The molecule has 1 atom stereocenters. The fourth-order valence-electron chi connectivity index (χ4n) is 2.63. The van der Waals surface area contributed by atoms with E-state index in [1.807, 2.05) is 26.8 Å². The lowest BCUT2D eigenvalue weighted by Crippen LogP contribution is -2.44. The molecule has 0 spiro atoms. The van der Waals surface area contributed by atoms with Crippen LogP contribution in [0, 0.1) is 18.3 Å². The van der Waals surface area contributed by atoms with E-state index in [1.54, 1.807) is 12.1 Å². The highest BCUT2D eigenvalue weighted by Gasteiger charge is 2.37. The lowest BCUT2D eigenvalue weighted by molar-refractivity contribution is -0.127. The number of carbonyl (C=O) groups excluding carboxylic acids is 1. The van der Waals surface area contributed by atoms with Gasteiger partial charge in [0.05, 0.1) is 0 Å². The van der Waals surface area contributed by atoms with E-state index >= 15 is 0 Å². The number of piperidine rings is 1. The van der Waals surface area contributed by atoms with Crippen molar-refractivity contribution in [3.05, 3.63) is 23.8 Å². The van der Waals surface area contributed by atoms with Crippen LogP contribution in [0.5, 0.6) is 5.75 Å². The Bertz CT molecular complexity index is 491. The van der Waals surface area contributed by atoms with Gasteiger partial charge in [-0.1, -0.05) is 19.9 Å². The lowest BCUT2D eigenvalue weighted by Gasteiger charge is -2.36. The van der Waals surface area contributed by atoms with Gasteiger partial charge in [-0.2, -0.15) is 0 Å². The fourth-order valence-corrected chi connectivity index (χ4v) is 2.63. The van der Waals surface area contributed by atoms with E-state index < -0.39 is 5.41 Å². The van der Waals surface area contributed by atoms with Gasteiger partial charge in [0.2, 0.25) is 5.91 Å². The van der Waals surface area contributed by atoms with Crippen molar-refractivity contribution >= 4 is 11.6 Å². The quantitative estimate of drug-likeness (QED) is 0.795. The predicted octanol–water partition coefficient (Wildman–Crippen LogP) is 2.66. The Hall–Kier alpha value is -1.55. The SMILES string of the molecule is Cc1ccc(NC(=O)C(C)(C)C2CCCNC2)cc1O. The molecule has 0 saturated carbocycles. The van der Waals surface area contributed by atoms with Crippen LogP contribution in [0.15, 0.2) is 18.2 Å². The first-order valence-electron chi connectivity index (χ1n) is 7.23. The Kier molecular flexibility index (Phi) is 4.33. The van der Waals surface area contributed by atoms with Gasteiger partial charge in [0.1, 0.15) is 5.75 Å². The molecule has 1 unspecified atom stereocenters. The first-order chi connectivity index (χ1) is 9.41. The summed E-state index contributed by atoms with van der Waals surface area (Å²) in [4.78, 5) is 12.5. The van der Waals surface area contributed by atoms with Gasteiger partial charge in [0, 0.05) is 17.2 Å². The second-order valence-electron chi connectivity index (χ2n) is 6.22. The number of benzene rings is 1. The van der Waals surface area contributed by atoms with Crippen LogP contribution >= 0.6 is 0 Å². The summed E-state index contributed by atoms with van der Waals surface area (Å²) in [5, 5.41) is 16.0. The largest absolute Gasteiger partial charge is 0.508 e. The Morgan fingerprint density at radius 2 is 2.20 bits per heavy atom. The molecule has 1 saturated heterocycles. The molecule has 1 aromatic rings. The molecule has 4 heteroatoms. The lowest BCUT2D eigenvalue weighted by atomic mass is 9.74. The maximum atomic E-state index is 12.5. The van der Waals surface area contributed by atoms with Gasteiger partial charge >= 0.3 is 0 Å². The first kappa shape index (κ1) is 14.9. The number of rotatable bonds is 3. The second kappa shape index (κ2) is 5.83. The normalized spacial score (nSPS) is 19.6. The van der Waals surface area contributed by atoms with Crippen LogP contribution in [-0.4, -0.2) is 24.1 Å². The van der Waals surface area contributed by atoms with Crippen molar-refractivity contribution in [1.82, 2.24) is 5.32 Å². The molecule has 1 heterocycles. The molecule has 0 radical (unpaired) electrons. The number of anilines is 1. The molecule has 1 aliphatic rings. The van der Waals surface area contributed by atoms with E-state index in [4.69, 9.17) is 0 Å². The standard InChI is InChI=1S/C16H24N2O2/c1-11-6-7-13(9-14(11)19)18-15(20)16(2,3)12-5-4-8-17-10-12/h6-7,9,12,17,19H,4-5,8,10H2,1-3H3,(H,18,20). The van der Waals surface area contributed by atoms with E-state index in [1.165, 1.54) is 0 Å². The molecule has 1 aromatic carbocycles. The zero-order valence-electron chi connectivity index (χ0n) is 12.5. The molecule has 4 nitrogen and oxygen atoms in total. The van der Waals surface area contributed by atoms with Gasteiger partial charge < -0.3 is 15.7 Å². The summed E-state index contributed by atoms with van der Waals surface area (Å²) in [6.07, 6.45) is 2.19. The number of nitrogens with one attached hydrogen (secondary N) is 2. The molecule has 2 rings (SSSR count). The van der Waals surface area contributed by atoms with E-state index in [9.17, 15) is 9.90 Å². The highest BCUT2D eigenvalue weighted by atomic mass is 16.3. The molecule has 20 heavy (non-hydrogen) atoms. The minimum Gasteiger partial charge on any atom is -0.508 e. The number of aromatic hydroxyl groups is 1. The molecule has 0 aromatic heterocycles. The molecule has 3 N–H and O–H groups in total. The third kappa shape index (κ3) is 3.12. The summed E-state index contributed by atoms with van der Waals surface area (Å²) in [5.41, 5.74) is 1.03. The molecular formula is C16H24N2O2. The molecule has 1 fully saturated rings. The molecule has 110 valence electrons. The monoisotopic (exact) mass is 276 g/mol. The molecule has 1 aliphatic heterocycles. The van der Waals surface area contributed by atoms with Gasteiger partial charge in [0.25, 0.3) is 0 Å². The van der Waals surface area contributed by atoms with E-state index in [0.29, 0.717) is 11.6 Å². The third-order valence-corrected chi connectivity index (χ3v) is 4.37. The van der Waals surface area contributed by atoms with Gasteiger partial charge in [-0.3, -0.25) is 4.79 Å². The van der Waals surface area contributed by atoms with Crippen molar-refractivity contribution in [2.75, 3.05) is 18.4 Å². The Morgan fingerprint density at radius 1 is 1.45 bits per heavy atom. The van der Waals surface area contributed by atoms with Gasteiger partial charge in [-0.05, 0) is 50.4 Å². The zero-order chi connectivity index (χ0) is 14.8. The molecule has 1 amide bonds. The van der Waals surface area contributed by atoms with Crippen molar-refractivity contribution in [3.8, 4) is 5.75 Å². The first-order valence-corrected chi connectivity index (χ1v) is 7.23. The number of aryl methyl sites for hydroxylation is 1. The number of phenols is 1. The van der Waals surface area contributed by atoms with E-state index in [-0.39, 0.29) is 11.7 Å².